The van der Waals surface area contributed by atoms with Crippen LogP contribution in [-0.4, -0.2) is 34.4 Å². The first kappa shape index (κ1) is 19.0. The third-order valence-corrected chi connectivity index (χ3v) is 5.26. The second-order valence-corrected chi connectivity index (χ2v) is 7.38. The average Bonchev–Trinajstić information content (AvgIpc) is 3.35. The van der Waals surface area contributed by atoms with Crippen molar-refractivity contribution >= 4 is 23.3 Å². The van der Waals surface area contributed by atoms with Crippen LogP contribution >= 0.6 is 0 Å². The molecule has 150 valence electrons. The molecule has 7 heteroatoms. The molecule has 3 aromatic rings. The van der Waals surface area contributed by atoms with E-state index in [1.54, 1.807) is 35.8 Å². The summed E-state index contributed by atoms with van der Waals surface area (Å²) in [5, 5.41) is 5.90. The van der Waals surface area contributed by atoms with Gasteiger partial charge in [0.1, 0.15) is 11.4 Å². The third kappa shape index (κ3) is 3.94. The van der Waals surface area contributed by atoms with Gasteiger partial charge in [0, 0.05) is 17.8 Å². The number of rotatable bonds is 5. The van der Waals surface area contributed by atoms with Crippen molar-refractivity contribution in [1.29, 1.82) is 0 Å². The fourth-order valence-electron chi connectivity index (χ4n) is 3.70. The molecule has 2 heterocycles. The van der Waals surface area contributed by atoms with E-state index in [1.165, 1.54) is 0 Å². The highest BCUT2D eigenvalue weighted by Crippen LogP contribution is 2.23. The quantitative estimate of drug-likeness (QED) is 0.695. The second kappa shape index (κ2) is 7.95. The molecule has 1 fully saturated rings. The van der Waals surface area contributed by atoms with Crippen molar-refractivity contribution in [1.82, 2.24) is 14.7 Å². The maximum atomic E-state index is 13.1. The summed E-state index contributed by atoms with van der Waals surface area (Å²) >= 11 is 0. The van der Waals surface area contributed by atoms with Crippen molar-refractivity contribution in [2.45, 2.75) is 38.6 Å². The van der Waals surface area contributed by atoms with Gasteiger partial charge in [-0.25, -0.2) is 4.98 Å². The van der Waals surface area contributed by atoms with Crippen LogP contribution in [0.5, 0.6) is 5.75 Å². The Morgan fingerprint density at radius 3 is 2.48 bits per heavy atom. The van der Waals surface area contributed by atoms with Crippen LogP contribution in [0.4, 0.5) is 5.82 Å². The molecule has 1 aromatic carbocycles. The van der Waals surface area contributed by atoms with E-state index in [4.69, 9.17) is 4.74 Å². The third-order valence-electron chi connectivity index (χ3n) is 5.26. The smallest absolute Gasteiger partial charge is 0.272 e. The largest absolute Gasteiger partial charge is 0.497 e. The molecule has 29 heavy (non-hydrogen) atoms. The summed E-state index contributed by atoms with van der Waals surface area (Å²) in [6.07, 6.45) is 6.07. The summed E-state index contributed by atoms with van der Waals surface area (Å²) in [6.45, 7) is 1.95. The topological polar surface area (TPSA) is 84.7 Å². The number of carbonyl (C=O) groups is 2. The van der Waals surface area contributed by atoms with Crippen LogP contribution in [0.1, 0.15) is 52.1 Å². The van der Waals surface area contributed by atoms with E-state index in [0.717, 1.165) is 31.2 Å². The highest BCUT2D eigenvalue weighted by molar-refractivity contribution is 6.08. The van der Waals surface area contributed by atoms with E-state index in [0.29, 0.717) is 22.7 Å². The van der Waals surface area contributed by atoms with Gasteiger partial charge in [-0.1, -0.05) is 18.9 Å². The molecule has 4 rings (SSSR count). The zero-order valence-electron chi connectivity index (χ0n) is 16.6. The van der Waals surface area contributed by atoms with Crippen molar-refractivity contribution in [3.63, 3.8) is 0 Å². The molecular formula is C22H24N4O3. The fourth-order valence-corrected chi connectivity index (χ4v) is 3.70. The van der Waals surface area contributed by atoms with Gasteiger partial charge in [0.25, 0.3) is 11.8 Å². The van der Waals surface area contributed by atoms with Crippen molar-refractivity contribution < 1.29 is 14.3 Å². The van der Waals surface area contributed by atoms with Crippen LogP contribution in [0.3, 0.4) is 0 Å². The molecule has 0 aliphatic heterocycles. The molecule has 7 nitrogen and oxygen atoms in total. The first-order valence-corrected chi connectivity index (χ1v) is 9.80. The lowest BCUT2D eigenvalue weighted by Gasteiger charge is -2.13. The number of nitrogens with zero attached hydrogens (tertiary/aromatic N) is 2. The van der Waals surface area contributed by atoms with E-state index >= 15 is 0 Å². The molecule has 0 spiro atoms. The molecule has 1 aliphatic rings. The molecule has 0 saturated heterocycles. The van der Waals surface area contributed by atoms with Gasteiger partial charge in [0.15, 0.2) is 11.5 Å². The van der Waals surface area contributed by atoms with Gasteiger partial charge in [0.2, 0.25) is 0 Å². The molecule has 2 amide bonds. The number of aromatic nitrogens is 2. The number of anilines is 1. The minimum Gasteiger partial charge on any atom is -0.497 e. The van der Waals surface area contributed by atoms with Gasteiger partial charge in [-0.15, -0.1) is 0 Å². The van der Waals surface area contributed by atoms with Crippen molar-refractivity contribution in [3.8, 4) is 5.75 Å². The van der Waals surface area contributed by atoms with Gasteiger partial charge in [-0.3, -0.25) is 14.0 Å². The molecule has 1 saturated carbocycles. The number of hydrogen-bond acceptors (Lipinski definition) is 4. The lowest BCUT2D eigenvalue weighted by molar-refractivity contribution is 0.0933. The number of nitrogens with one attached hydrogen (secondary N) is 2. The number of benzene rings is 1. The molecule has 1 aliphatic carbocycles. The highest BCUT2D eigenvalue weighted by Gasteiger charge is 2.25. The molecule has 0 unspecified atom stereocenters. The monoisotopic (exact) mass is 392 g/mol. The number of carbonyl (C=O) groups excluding carboxylic acids is 2. The molecular weight excluding hydrogens is 368 g/mol. The maximum Gasteiger partial charge on any atom is 0.272 e. The number of hydrogen-bond donors (Lipinski definition) is 2. The summed E-state index contributed by atoms with van der Waals surface area (Å²) < 4.78 is 6.87. The number of methoxy groups -OCH3 is 1. The van der Waals surface area contributed by atoms with Crippen molar-refractivity contribution in [3.05, 3.63) is 59.4 Å². The number of pyridine rings is 1. The zero-order valence-corrected chi connectivity index (χ0v) is 16.6. The minimum absolute atomic E-state index is 0.169. The van der Waals surface area contributed by atoms with E-state index in [9.17, 15) is 9.59 Å². The maximum absolute atomic E-state index is 13.1. The van der Waals surface area contributed by atoms with Crippen LogP contribution in [0, 0.1) is 6.92 Å². The SMILES string of the molecule is COc1ccc(C(=O)Nc2nc3ccc(C)cn3c2C(=O)NC2CCCC2)cc1. The number of imidazole rings is 1. The normalized spacial score (nSPS) is 14.1. The van der Waals surface area contributed by atoms with Crippen LogP contribution in [-0.2, 0) is 0 Å². The molecule has 0 radical (unpaired) electrons. The van der Waals surface area contributed by atoms with Crippen molar-refractivity contribution in [2.24, 2.45) is 0 Å². The van der Waals surface area contributed by atoms with E-state index in [2.05, 4.69) is 15.6 Å². The number of ether oxygens (including phenoxy) is 1. The van der Waals surface area contributed by atoms with Crippen LogP contribution in [0.2, 0.25) is 0 Å². The predicted octanol–water partition coefficient (Wildman–Crippen LogP) is 3.58. The number of fused-ring (bicyclic) bond motifs is 1. The lowest BCUT2D eigenvalue weighted by atomic mass is 10.2. The van der Waals surface area contributed by atoms with Gasteiger partial charge >= 0.3 is 0 Å². The summed E-state index contributed by atoms with van der Waals surface area (Å²) in [4.78, 5) is 30.3. The second-order valence-electron chi connectivity index (χ2n) is 7.38. The van der Waals surface area contributed by atoms with Gasteiger partial charge in [-0.05, 0) is 55.7 Å². The Kier molecular flexibility index (Phi) is 5.20. The van der Waals surface area contributed by atoms with Crippen LogP contribution in [0.15, 0.2) is 42.6 Å². The van der Waals surface area contributed by atoms with E-state index < -0.39 is 0 Å². The van der Waals surface area contributed by atoms with E-state index in [1.807, 2.05) is 25.3 Å². The van der Waals surface area contributed by atoms with Crippen LogP contribution in [0.25, 0.3) is 5.65 Å². The summed E-state index contributed by atoms with van der Waals surface area (Å²) in [7, 11) is 1.57. The Balaban J connectivity index is 1.66. The molecule has 0 bridgehead atoms. The molecule has 0 atom stereocenters. The Labute approximate surface area is 169 Å². The fraction of sp³-hybridized carbons (Fsp3) is 0.318. The zero-order chi connectivity index (χ0) is 20.4. The number of amides is 2. The van der Waals surface area contributed by atoms with Gasteiger partial charge in [-0.2, -0.15) is 0 Å². The molecule has 2 N–H and O–H groups in total. The Bertz CT molecular complexity index is 1050. The van der Waals surface area contributed by atoms with Crippen molar-refractivity contribution in [2.75, 3.05) is 12.4 Å². The molecule has 2 aromatic heterocycles. The Morgan fingerprint density at radius 1 is 1.07 bits per heavy atom. The minimum atomic E-state index is -0.331. The summed E-state index contributed by atoms with van der Waals surface area (Å²) in [6, 6.07) is 10.7. The Hall–Kier alpha value is -3.35. The highest BCUT2D eigenvalue weighted by atomic mass is 16.5. The summed E-state index contributed by atoms with van der Waals surface area (Å²) in [5.41, 5.74) is 2.41. The van der Waals surface area contributed by atoms with Gasteiger partial charge in [0.05, 0.1) is 7.11 Å². The van der Waals surface area contributed by atoms with E-state index in [-0.39, 0.29) is 23.7 Å². The first-order chi connectivity index (χ1) is 14.0. The Morgan fingerprint density at radius 2 is 1.79 bits per heavy atom. The first-order valence-electron chi connectivity index (χ1n) is 9.80. The average molecular weight is 392 g/mol. The lowest BCUT2D eigenvalue weighted by Crippen LogP contribution is -2.34. The van der Waals surface area contributed by atoms with Crippen LogP contribution < -0.4 is 15.4 Å². The predicted molar refractivity (Wildman–Crippen MR) is 111 cm³/mol. The number of aryl methyl sites for hydroxylation is 1. The summed E-state index contributed by atoms with van der Waals surface area (Å²) in [5.74, 6) is 0.371. The standard InChI is InChI=1S/C22H24N4O3/c1-14-7-12-18-24-20(25-21(27)15-8-10-17(29-2)11-9-15)19(26(18)13-14)22(28)23-16-5-3-4-6-16/h7-13,16H,3-6H2,1-2H3,(H,23,28)(H,25,27). The van der Waals surface area contributed by atoms with Gasteiger partial charge < -0.3 is 15.4 Å².